The molecule has 0 saturated carbocycles. The van der Waals surface area contributed by atoms with Crippen LogP contribution in [0, 0.1) is 23.2 Å². The number of aromatic carboxylic acids is 1. The monoisotopic (exact) mass is 457 g/mol. The molecule has 0 aliphatic heterocycles. The summed E-state index contributed by atoms with van der Waals surface area (Å²) in [6.07, 6.45) is 0. The van der Waals surface area contributed by atoms with Crippen LogP contribution >= 0.6 is 0 Å². The lowest BCUT2D eigenvalue weighted by molar-refractivity contribution is 0.0698. The molecule has 0 heterocycles. The lowest BCUT2D eigenvalue weighted by atomic mass is 10.1. The molecule has 8 nitrogen and oxygen atoms in total. The van der Waals surface area contributed by atoms with Crippen LogP contribution in [0.4, 0.5) is 5.69 Å². The SMILES string of the molecule is CC(C)CN(CC(C)C)S(=O)(=O)c1ccc(C(=O)Nc2ccc(C#N)cc2C(=O)O)cc1. The summed E-state index contributed by atoms with van der Waals surface area (Å²) in [7, 11) is -3.72. The number of benzene rings is 2. The van der Waals surface area contributed by atoms with Crippen LogP contribution in [0.3, 0.4) is 0 Å². The summed E-state index contributed by atoms with van der Waals surface area (Å²) in [5, 5.41) is 20.8. The number of nitrogens with one attached hydrogen (secondary N) is 1. The zero-order valence-corrected chi connectivity index (χ0v) is 19.3. The lowest BCUT2D eigenvalue weighted by Gasteiger charge is -2.25. The molecule has 0 bridgehead atoms. The number of hydrogen-bond acceptors (Lipinski definition) is 5. The maximum atomic E-state index is 13.1. The molecule has 0 radical (unpaired) electrons. The summed E-state index contributed by atoms with van der Waals surface area (Å²) in [5.74, 6) is -1.56. The molecule has 170 valence electrons. The van der Waals surface area contributed by atoms with Crippen molar-refractivity contribution in [3.63, 3.8) is 0 Å². The van der Waals surface area contributed by atoms with Gasteiger partial charge in [0.2, 0.25) is 10.0 Å². The highest BCUT2D eigenvalue weighted by Crippen LogP contribution is 2.21. The van der Waals surface area contributed by atoms with Crippen LogP contribution in [-0.2, 0) is 10.0 Å². The highest BCUT2D eigenvalue weighted by atomic mass is 32.2. The Morgan fingerprint density at radius 2 is 1.59 bits per heavy atom. The number of carboxylic acids is 1. The third-order valence-corrected chi connectivity index (χ3v) is 6.36. The minimum absolute atomic E-state index is 0.0400. The Balaban J connectivity index is 2.28. The number of hydrogen-bond donors (Lipinski definition) is 2. The Hall–Kier alpha value is -3.22. The van der Waals surface area contributed by atoms with E-state index in [9.17, 15) is 23.1 Å². The Morgan fingerprint density at radius 1 is 1.03 bits per heavy atom. The van der Waals surface area contributed by atoms with Gasteiger partial charge in [-0.25, -0.2) is 13.2 Å². The highest BCUT2D eigenvalue weighted by Gasteiger charge is 2.26. The molecule has 0 aromatic heterocycles. The van der Waals surface area contributed by atoms with Crippen LogP contribution in [0.25, 0.3) is 0 Å². The second-order valence-electron chi connectivity index (χ2n) is 8.27. The number of carbonyl (C=O) groups excluding carboxylic acids is 1. The van der Waals surface area contributed by atoms with Gasteiger partial charge in [0.25, 0.3) is 5.91 Å². The van der Waals surface area contributed by atoms with Gasteiger partial charge < -0.3 is 10.4 Å². The van der Waals surface area contributed by atoms with E-state index < -0.39 is 21.9 Å². The molecule has 0 spiro atoms. The van der Waals surface area contributed by atoms with Gasteiger partial charge in [-0.3, -0.25) is 4.79 Å². The van der Waals surface area contributed by atoms with Crippen molar-refractivity contribution in [3.05, 3.63) is 59.2 Å². The summed E-state index contributed by atoms with van der Waals surface area (Å²) in [5.41, 5.74) is 0.152. The molecule has 0 aliphatic rings. The fourth-order valence-corrected chi connectivity index (χ4v) is 4.87. The summed E-state index contributed by atoms with van der Waals surface area (Å²) < 4.78 is 27.6. The van der Waals surface area contributed by atoms with E-state index in [-0.39, 0.29) is 39.1 Å². The van der Waals surface area contributed by atoms with Crippen molar-refractivity contribution < 1.29 is 23.1 Å². The number of rotatable bonds is 9. The van der Waals surface area contributed by atoms with Crippen LogP contribution < -0.4 is 5.32 Å². The predicted molar refractivity (Wildman–Crippen MR) is 121 cm³/mol. The summed E-state index contributed by atoms with van der Waals surface area (Å²) >= 11 is 0. The fourth-order valence-electron chi connectivity index (χ4n) is 3.11. The quantitative estimate of drug-likeness (QED) is 0.589. The van der Waals surface area contributed by atoms with E-state index in [0.717, 1.165) is 0 Å². The van der Waals surface area contributed by atoms with Gasteiger partial charge >= 0.3 is 5.97 Å². The van der Waals surface area contributed by atoms with Gasteiger partial charge in [0.15, 0.2) is 0 Å². The zero-order chi connectivity index (χ0) is 24.1. The van der Waals surface area contributed by atoms with E-state index in [4.69, 9.17) is 5.26 Å². The number of carboxylic acid groups (broad SMARTS) is 1. The molecule has 9 heteroatoms. The molecule has 2 rings (SSSR count). The summed E-state index contributed by atoms with van der Waals surface area (Å²) in [6, 6.07) is 11.3. The summed E-state index contributed by atoms with van der Waals surface area (Å²) in [4.78, 5) is 24.1. The molecule has 0 atom stereocenters. The maximum Gasteiger partial charge on any atom is 0.337 e. The maximum absolute atomic E-state index is 13.1. The first-order valence-corrected chi connectivity index (χ1v) is 11.6. The molecule has 0 fully saturated rings. The molecule has 0 unspecified atom stereocenters. The van der Waals surface area contributed by atoms with Crippen LogP contribution in [0.1, 0.15) is 54.0 Å². The van der Waals surface area contributed by atoms with Gasteiger partial charge in [-0.1, -0.05) is 27.7 Å². The van der Waals surface area contributed by atoms with Crippen LogP contribution in [0.5, 0.6) is 0 Å². The summed E-state index contributed by atoms with van der Waals surface area (Å²) in [6.45, 7) is 8.57. The molecule has 2 N–H and O–H groups in total. The van der Waals surface area contributed by atoms with Gasteiger partial charge in [-0.15, -0.1) is 0 Å². The van der Waals surface area contributed by atoms with E-state index in [1.165, 1.54) is 46.8 Å². The molecule has 2 aromatic rings. The van der Waals surface area contributed by atoms with Crippen LogP contribution in [0.15, 0.2) is 47.4 Å². The number of amides is 1. The van der Waals surface area contributed by atoms with Gasteiger partial charge in [0.05, 0.1) is 27.8 Å². The number of anilines is 1. The fraction of sp³-hybridized carbons (Fsp3) is 0.348. The topological polar surface area (TPSA) is 128 Å². The normalized spacial score (nSPS) is 11.6. The van der Waals surface area contributed by atoms with Gasteiger partial charge in [-0.2, -0.15) is 9.57 Å². The third kappa shape index (κ3) is 6.15. The van der Waals surface area contributed by atoms with Crippen LogP contribution in [0.2, 0.25) is 0 Å². The van der Waals surface area contributed by atoms with Crippen molar-refractivity contribution in [2.24, 2.45) is 11.8 Å². The molecule has 0 saturated heterocycles. The van der Waals surface area contributed by atoms with Crippen molar-refractivity contribution in [3.8, 4) is 6.07 Å². The second kappa shape index (κ2) is 10.4. The molecular weight excluding hydrogens is 430 g/mol. The standard InChI is InChI=1S/C23H27N3O5S/c1-15(2)13-26(14-16(3)4)32(30,31)19-8-6-18(7-9-19)22(27)25-21-10-5-17(12-24)11-20(21)23(28)29/h5-11,15-16H,13-14H2,1-4H3,(H,25,27)(H,28,29). The lowest BCUT2D eigenvalue weighted by Crippen LogP contribution is -2.37. The first kappa shape index (κ1) is 25.0. The third-order valence-electron chi connectivity index (χ3n) is 4.52. The molecule has 0 aliphatic carbocycles. The molecule has 1 amide bonds. The largest absolute Gasteiger partial charge is 0.478 e. The number of nitrogens with zero attached hydrogens (tertiary/aromatic N) is 2. The molecule has 2 aromatic carbocycles. The second-order valence-corrected chi connectivity index (χ2v) is 10.2. The number of sulfonamides is 1. The van der Waals surface area contributed by atoms with Crippen molar-refractivity contribution in [2.75, 3.05) is 18.4 Å². The first-order valence-electron chi connectivity index (χ1n) is 10.1. The van der Waals surface area contributed by atoms with E-state index in [2.05, 4.69) is 5.32 Å². The Labute approximate surface area is 188 Å². The Morgan fingerprint density at radius 3 is 2.06 bits per heavy atom. The number of nitriles is 1. The van der Waals surface area contributed by atoms with Crippen molar-refractivity contribution in [1.82, 2.24) is 4.31 Å². The smallest absolute Gasteiger partial charge is 0.337 e. The van der Waals surface area contributed by atoms with Crippen molar-refractivity contribution in [1.29, 1.82) is 5.26 Å². The van der Waals surface area contributed by atoms with Gasteiger partial charge in [0, 0.05) is 18.7 Å². The first-order chi connectivity index (χ1) is 14.9. The predicted octanol–water partition coefficient (Wildman–Crippen LogP) is 3.81. The molecular formula is C23H27N3O5S. The van der Waals surface area contributed by atoms with Crippen molar-refractivity contribution >= 4 is 27.6 Å². The van der Waals surface area contributed by atoms with Gasteiger partial charge in [-0.05, 0) is 54.3 Å². The minimum atomic E-state index is -3.72. The van der Waals surface area contributed by atoms with E-state index in [1.807, 2.05) is 33.8 Å². The van der Waals surface area contributed by atoms with E-state index >= 15 is 0 Å². The zero-order valence-electron chi connectivity index (χ0n) is 18.5. The van der Waals surface area contributed by atoms with E-state index in [0.29, 0.717) is 13.1 Å². The molecule has 32 heavy (non-hydrogen) atoms. The average molecular weight is 458 g/mol. The Bertz CT molecular complexity index is 1120. The minimum Gasteiger partial charge on any atom is -0.478 e. The number of carbonyl (C=O) groups is 2. The van der Waals surface area contributed by atoms with Crippen molar-refractivity contribution in [2.45, 2.75) is 32.6 Å². The van der Waals surface area contributed by atoms with Crippen LogP contribution in [-0.4, -0.2) is 42.8 Å². The Kier molecular flexibility index (Phi) is 8.14. The van der Waals surface area contributed by atoms with E-state index in [1.54, 1.807) is 0 Å². The highest BCUT2D eigenvalue weighted by molar-refractivity contribution is 7.89. The van der Waals surface area contributed by atoms with Gasteiger partial charge in [0.1, 0.15) is 0 Å². The average Bonchev–Trinajstić information content (AvgIpc) is 2.72.